The third kappa shape index (κ3) is 8.69. The maximum Gasteiger partial charge on any atom is 0.418 e. The van der Waals surface area contributed by atoms with Gasteiger partial charge in [0, 0.05) is 40.7 Å². The van der Waals surface area contributed by atoms with E-state index >= 15 is 0 Å². The second-order valence-electron chi connectivity index (χ2n) is 10.2. The van der Waals surface area contributed by atoms with Gasteiger partial charge in [-0.1, -0.05) is 23.9 Å². The largest absolute Gasteiger partial charge is 0.466 e. The lowest BCUT2D eigenvalue weighted by atomic mass is 9.86. The molecule has 1 amide bonds. The van der Waals surface area contributed by atoms with Crippen molar-refractivity contribution in [2.24, 2.45) is 5.92 Å². The average molecular weight is 631 g/mol. The minimum absolute atomic E-state index is 0.0275. The molecule has 1 saturated heterocycles. The van der Waals surface area contributed by atoms with Gasteiger partial charge in [-0.2, -0.15) is 26.3 Å². The van der Waals surface area contributed by atoms with Gasteiger partial charge in [-0.25, -0.2) is 0 Å². The van der Waals surface area contributed by atoms with Crippen LogP contribution in [0.5, 0.6) is 0 Å². The topological polar surface area (TPSA) is 67.9 Å². The summed E-state index contributed by atoms with van der Waals surface area (Å²) < 4.78 is 95.6. The second kappa shape index (κ2) is 14.1. The first-order valence-corrected chi connectivity index (χ1v) is 14.8. The Hall–Kier alpha value is -3.19. The zero-order chi connectivity index (χ0) is 31.2. The Morgan fingerprint density at radius 2 is 1.67 bits per heavy atom. The van der Waals surface area contributed by atoms with Crippen molar-refractivity contribution in [3.05, 3.63) is 59.2 Å². The molecule has 0 bridgehead atoms. The molecule has 234 valence electrons. The van der Waals surface area contributed by atoms with E-state index in [1.54, 1.807) is 25.1 Å². The molecule has 0 unspecified atom stereocenters. The third-order valence-electron chi connectivity index (χ3n) is 7.27. The zero-order valence-corrected chi connectivity index (χ0v) is 24.2. The van der Waals surface area contributed by atoms with Gasteiger partial charge in [0.15, 0.2) is 0 Å². The standard InChI is InChI=1S/C30H32F6N2O4S/c1-2-42-28(40)20-6-10-21(11-7-20)37-22-4-3-5-23(18-22)43-24-12-8-19(9-13-25(39)38-14-16-41-17-15-38)26(29(31,32)33)27(24)30(34,35)36/h3-5,8-9,12-13,18,20-21,37H,2,6-7,10-11,14-17H2,1H3/b13-9+. The fourth-order valence-corrected chi connectivity index (χ4v) is 6.25. The highest BCUT2D eigenvalue weighted by atomic mass is 32.2. The summed E-state index contributed by atoms with van der Waals surface area (Å²) in [4.78, 5) is 25.5. The van der Waals surface area contributed by atoms with Crippen LogP contribution < -0.4 is 5.32 Å². The Kier molecular flexibility index (Phi) is 10.7. The number of carbonyl (C=O) groups excluding carboxylic acids is 2. The number of halogens is 6. The van der Waals surface area contributed by atoms with Crippen molar-refractivity contribution in [1.29, 1.82) is 0 Å². The van der Waals surface area contributed by atoms with E-state index in [0.29, 0.717) is 54.6 Å². The second-order valence-corrected chi connectivity index (χ2v) is 11.4. The van der Waals surface area contributed by atoms with Crippen LogP contribution in [0.2, 0.25) is 0 Å². The molecule has 0 spiro atoms. The summed E-state index contributed by atoms with van der Waals surface area (Å²) in [5, 5.41) is 3.32. The van der Waals surface area contributed by atoms with E-state index in [9.17, 15) is 35.9 Å². The van der Waals surface area contributed by atoms with Crippen molar-refractivity contribution < 1.29 is 45.4 Å². The molecule has 1 heterocycles. The van der Waals surface area contributed by atoms with Crippen LogP contribution in [0.15, 0.2) is 52.3 Å². The molecule has 2 aliphatic rings. The van der Waals surface area contributed by atoms with E-state index in [4.69, 9.17) is 9.47 Å². The van der Waals surface area contributed by atoms with Crippen molar-refractivity contribution in [2.45, 2.75) is 60.8 Å². The first-order chi connectivity index (χ1) is 20.4. The molecular formula is C30H32F6N2O4S. The smallest absolute Gasteiger partial charge is 0.418 e. The zero-order valence-electron chi connectivity index (χ0n) is 23.4. The predicted octanol–water partition coefficient (Wildman–Crippen LogP) is 7.28. The van der Waals surface area contributed by atoms with E-state index in [0.717, 1.165) is 24.3 Å². The van der Waals surface area contributed by atoms with Crippen LogP contribution in [0, 0.1) is 5.92 Å². The molecule has 0 aromatic heterocycles. The number of benzene rings is 2. The number of nitrogens with one attached hydrogen (secondary N) is 1. The van der Waals surface area contributed by atoms with Crippen molar-refractivity contribution in [3.63, 3.8) is 0 Å². The molecule has 43 heavy (non-hydrogen) atoms. The van der Waals surface area contributed by atoms with Gasteiger partial charge in [0.25, 0.3) is 0 Å². The van der Waals surface area contributed by atoms with Crippen LogP contribution >= 0.6 is 11.8 Å². The molecule has 2 fully saturated rings. The number of rotatable bonds is 8. The Morgan fingerprint density at radius 3 is 2.30 bits per heavy atom. The van der Waals surface area contributed by atoms with E-state index in [1.165, 1.54) is 11.0 Å². The number of anilines is 1. The Bertz CT molecular complexity index is 1320. The van der Waals surface area contributed by atoms with Crippen LogP contribution in [0.1, 0.15) is 49.3 Å². The maximum atomic E-state index is 14.3. The summed E-state index contributed by atoms with van der Waals surface area (Å²) >= 11 is 0.579. The monoisotopic (exact) mass is 630 g/mol. The molecule has 0 radical (unpaired) electrons. The quantitative estimate of drug-likeness (QED) is 0.188. The number of hydrogen-bond acceptors (Lipinski definition) is 6. The van der Waals surface area contributed by atoms with Crippen molar-refractivity contribution in [1.82, 2.24) is 4.90 Å². The number of esters is 1. The van der Waals surface area contributed by atoms with Gasteiger partial charge in [0.1, 0.15) is 0 Å². The van der Waals surface area contributed by atoms with Crippen molar-refractivity contribution >= 4 is 35.4 Å². The lowest BCUT2D eigenvalue weighted by Crippen LogP contribution is -2.39. The lowest BCUT2D eigenvalue weighted by molar-refractivity contribution is -0.163. The Labute approximate surface area is 249 Å². The summed E-state index contributed by atoms with van der Waals surface area (Å²) in [7, 11) is 0. The van der Waals surface area contributed by atoms with Gasteiger partial charge in [-0.05, 0) is 68.5 Å². The van der Waals surface area contributed by atoms with Crippen molar-refractivity contribution in [3.8, 4) is 0 Å². The van der Waals surface area contributed by atoms with Crippen LogP contribution in [0.3, 0.4) is 0 Å². The van der Waals surface area contributed by atoms with Crippen LogP contribution in [0.25, 0.3) is 6.08 Å². The Balaban J connectivity index is 1.56. The van der Waals surface area contributed by atoms with E-state index in [2.05, 4.69) is 5.32 Å². The normalized spacial score (nSPS) is 19.8. The Morgan fingerprint density at radius 1 is 1.00 bits per heavy atom. The van der Waals surface area contributed by atoms with E-state index in [-0.39, 0.29) is 44.2 Å². The SMILES string of the molecule is CCOC(=O)C1CCC(Nc2cccc(Sc3ccc(/C=C/C(=O)N4CCOCC4)c(C(F)(F)F)c3C(F)(F)F)c2)CC1. The number of amides is 1. The lowest BCUT2D eigenvalue weighted by Gasteiger charge is -2.28. The molecule has 2 aromatic rings. The maximum absolute atomic E-state index is 14.3. The minimum atomic E-state index is -5.34. The highest BCUT2D eigenvalue weighted by Gasteiger charge is 2.46. The van der Waals surface area contributed by atoms with E-state index in [1.807, 2.05) is 0 Å². The molecule has 1 saturated carbocycles. The molecule has 13 heteroatoms. The van der Waals surface area contributed by atoms with Crippen LogP contribution in [0.4, 0.5) is 32.0 Å². The number of nitrogens with zero attached hydrogens (tertiary/aromatic N) is 1. The molecule has 2 aromatic carbocycles. The van der Waals surface area contributed by atoms with Crippen LogP contribution in [-0.2, 0) is 31.4 Å². The highest BCUT2D eigenvalue weighted by molar-refractivity contribution is 7.99. The summed E-state index contributed by atoms with van der Waals surface area (Å²) in [6.45, 7) is 3.08. The van der Waals surface area contributed by atoms with Gasteiger partial charge in [-0.15, -0.1) is 0 Å². The molecule has 0 atom stereocenters. The summed E-state index contributed by atoms with van der Waals surface area (Å²) in [5.74, 6) is -0.996. The van der Waals surface area contributed by atoms with Gasteiger partial charge in [0.2, 0.25) is 5.91 Å². The molecule has 4 rings (SSSR count). The van der Waals surface area contributed by atoms with Crippen LogP contribution in [-0.4, -0.2) is 55.7 Å². The predicted molar refractivity (Wildman–Crippen MR) is 149 cm³/mol. The summed E-state index contributed by atoms with van der Waals surface area (Å²) in [6.07, 6.45) is -6.36. The number of alkyl halides is 6. The fourth-order valence-electron chi connectivity index (χ4n) is 5.21. The van der Waals surface area contributed by atoms with Crippen molar-refractivity contribution in [2.75, 3.05) is 38.2 Å². The highest BCUT2D eigenvalue weighted by Crippen LogP contribution is 2.48. The van der Waals surface area contributed by atoms with Gasteiger partial charge >= 0.3 is 18.3 Å². The molecule has 1 N–H and O–H groups in total. The summed E-state index contributed by atoms with van der Waals surface area (Å²) in [5.41, 5.74) is -3.79. The first-order valence-electron chi connectivity index (χ1n) is 13.9. The first kappa shape index (κ1) is 32.7. The molecule has 6 nitrogen and oxygen atoms in total. The fraction of sp³-hybridized carbons (Fsp3) is 0.467. The van der Waals surface area contributed by atoms with Gasteiger partial charge in [0.05, 0.1) is 36.9 Å². The molecule has 1 aliphatic heterocycles. The molecular weight excluding hydrogens is 598 g/mol. The summed E-state index contributed by atoms with van der Waals surface area (Å²) in [6, 6.07) is 8.43. The number of hydrogen-bond donors (Lipinski definition) is 1. The average Bonchev–Trinajstić information content (AvgIpc) is 2.96. The molecule has 1 aliphatic carbocycles. The van der Waals surface area contributed by atoms with Gasteiger partial charge < -0.3 is 19.7 Å². The van der Waals surface area contributed by atoms with Gasteiger partial charge in [-0.3, -0.25) is 9.59 Å². The number of carbonyl (C=O) groups is 2. The number of morpholine rings is 1. The number of ether oxygens (including phenoxy) is 2. The minimum Gasteiger partial charge on any atom is -0.466 e. The third-order valence-corrected chi connectivity index (χ3v) is 8.32. The van der Waals surface area contributed by atoms with E-state index < -0.39 is 39.8 Å².